The van der Waals surface area contributed by atoms with Crippen LogP contribution in [-0.2, 0) is 14.8 Å². The molecular formula is C14H19FN2O4S. The number of carbonyl (C=O) groups is 1. The molecule has 1 aromatic carbocycles. The predicted molar refractivity (Wildman–Crippen MR) is 78.5 cm³/mol. The molecule has 6 nitrogen and oxygen atoms in total. The van der Waals surface area contributed by atoms with Gasteiger partial charge in [0.25, 0.3) is 0 Å². The maximum Gasteiger partial charge on any atom is 0.339 e. The molecule has 1 heterocycles. The number of ether oxygens (including phenoxy) is 1. The third-order valence-electron chi connectivity index (χ3n) is 3.77. The summed E-state index contributed by atoms with van der Waals surface area (Å²) in [4.78, 5) is 11.4. The lowest BCUT2D eigenvalue weighted by molar-refractivity contribution is 0.0595. The van der Waals surface area contributed by atoms with E-state index >= 15 is 0 Å². The number of piperidine rings is 1. The summed E-state index contributed by atoms with van der Waals surface area (Å²) in [7, 11) is -2.84. The summed E-state index contributed by atoms with van der Waals surface area (Å²) in [6.07, 6.45) is 0.848. The Morgan fingerprint density at radius 2 is 2.18 bits per heavy atom. The minimum absolute atomic E-state index is 0.165. The van der Waals surface area contributed by atoms with Crippen LogP contribution in [0, 0.1) is 11.7 Å². The molecule has 2 unspecified atom stereocenters. The second-order valence-electron chi connectivity index (χ2n) is 5.33. The maximum absolute atomic E-state index is 13.3. The molecule has 22 heavy (non-hydrogen) atoms. The Morgan fingerprint density at radius 3 is 2.82 bits per heavy atom. The summed E-state index contributed by atoms with van der Waals surface area (Å²) >= 11 is 0. The zero-order chi connectivity index (χ0) is 16.3. The van der Waals surface area contributed by atoms with E-state index in [0.717, 1.165) is 38.3 Å². The van der Waals surface area contributed by atoms with Crippen LogP contribution in [0.1, 0.15) is 23.7 Å². The summed E-state index contributed by atoms with van der Waals surface area (Å²) in [5, 5.41) is 3.12. The van der Waals surface area contributed by atoms with Gasteiger partial charge in [-0.05, 0) is 37.1 Å². The van der Waals surface area contributed by atoms with E-state index < -0.39 is 21.8 Å². The van der Waals surface area contributed by atoms with Crippen molar-refractivity contribution in [2.75, 3.05) is 20.2 Å². The number of hydrogen-bond donors (Lipinski definition) is 2. The van der Waals surface area contributed by atoms with Gasteiger partial charge in [0.05, 0.1) is 17.6 Å². The van der Waals surface area contributed by atoms with Crippen LogP contribution >= 0.6 is 0 Å². The van der Waals surface area contributed by atoms with Gasteiger partial charge < -0.3 is 10.1 Å². The first kappa shape index (κ1) is 16.9. The molecule has 1 aliphatic heterocycles. The Bertz CT molecular complexity index is 663. The van der Waals surface area contributed by atoms with Gasteiger partial charge in [-0.2, -0.15) is 0 Å². The average molecular weight is 330 g/mol. The van der Waals surface area contributed by atoms with Gasteiger partial charge in [0.1, 0.15) is 5.82 Å². The molecule has 0 bridgehead atoms. The van der Waals surface area contributed by atoms with E-state index in [1.807, 2.05) is 6.92 Å². The fourth-order valence-electron chi connectivity index (χ4n) is 2.42. The molecule has 1 aliphatic rings. The summed E-state index contributed by atoms with van der Waals surface area (Å²) in [5.74, 6) is -1.43. The van der Waals surface area contributed by atoms with Crippen LogP contribution < -0.4 is 10.0 Å². The van der Waals surface area contributed by atoms with Crippen LogP contribution in [0.5, 0.6) is 0 Å². The molecule has 2 N–H and O–H groups in total. The van der Waals surface area contributed by atoms with Gasteiger partial charge in [-0.15, -0.1) is 0 Å². The fraction of sp³-hybridized carbons (Fsp3) is 0.500. The van der Waals surface area contributed by atoms with Gasteiger partial charge in [-0.3, -0.25) is 0 Å². The molecular weight excluding hydrogens is 311 g/mol. The highest BCUT2D eigenvalue weighted by Gasteiger charge is 2.29. The Balaban J connectivity index is 2.34. The average Bonchev–Trinajstić information content (AvgIpc) is 2.48. The molecule has 0 aliphatic carbocycles. The monoisotopic (exact) mass is 330 g/mol. The van der Waals surface area contributed by atoms with Gasteiger partial charge >= 0.3 is 5.97 Å². The van der Waals surface area contributed by atoms with Gasteiger partial charge in [0.15, 0.2) is 0 Å². The van der Waals surface area contributed by atoms with Crippen LogP contribution in [0.25, 0.3) is 0 Å². The zero-order valence-electron chi connectivity index (χ0n) is 12.4. The van der Waals surface area contributed by atoms with Crippen molar-refractivity contribution in [2.24, 2.45) is 5.92 Å². The SMILES string of the molecule is COC(=O)c1cc(F)ccc1S(=O)(=O)NC1CNCCC1C. The number of esters is 1. The maximum atomic E-state index is 13.3. The first-order valence-corrected chi connectivity index (χ1v) is 8.44. The molecule has 1 saturated heterocycles. The molecule has 1 aromatic rings. The molecule has 0 radical (unpaired) electrons. The van der Waals surface area contributed by atoms with E-state index in [1.54, 1.807) is 0 Å². The van der Waals surface area contributed by atoms with Crippen molar-refractivity contribution in [3.8, 4) is 0 Å². The first-order valence-electron chi connectivity index (χ1n) is 6.96. The smallest absolute Gasteiger partial charge is 0.339 e. The van der Waals surface area contributed by atoms with Crippen molar-refractivity contribution >= 4 is 16.0 Å². The molecule has 2 rings (SSSR count). The number of rotatable bonds is 4. The van der Waals surface area contributed by atoms with Crippen molar-refractivity contribution in [3.05, 3.63) is 29.6 Å². The summed E-state index contributed by atoms with van der Waals surface area (Å²) in [6, 6.07) is 2.66. The predicted octanol–water partition coefficient (Wildman–Crippen LogP) is 0.889. The van der Waals surface area contributed by atoms with Crippen molar-refractivity contribution in [1.29, 1.82) is 0 Å². The third kappa shape index (κ3) is 3.63. The summed E-state index contributed by atoms with van der Waals surface area (Å²) in [5.41, 5.74) is -0.313. The van der Waals surface area contributed by atoms with Crippen molar-refractivity contribution < 1.29 is 22.3 Å². The van der Waals surface area contributed by atoms with Crippen LogP contribution in [0.15, 0.2) is 23.1 Å². The Morgan fingerprint density at radius 1 is 1.45 bits per heavy atom. The van der Waals surface area contributed by atoms with E-state index in [-0.39, 0.29) is 22.4 Å². The molecule has 0 amide bonds. The second kappa shape index (κ2) is 6.72. The Kier molecular flexibility index (Phi) is 5.15. The highest BCUT2D eigenvalue weighted by Crippen LogP contribution is 2.20. The topological polar surface area (TPSA) is 84.5 Å². The lowest BCUT2D eigenvalue weighted by atomic mass is 9.96. The zero-order valence-corrected chi connectivity index (χ0v) is 13.2. The lowest BCUT2D eigenvalue weighted by Gasteiger charge is -2.30. The highest BCUT2D eigenvalue weighted by molar-refractivity contribution is 7.89. The molecule has 0 saturated carbocycles. The van der Waals surface area contributed by atoms with Gasteiger partial charge in [0.2, 0.25) is 10.0 Å². The van der Waals surface area contributed by atoms with Crippen molar-refractivity contribution in [1.82, 2.24) is 10.0 Å². The Labute approximate surface area is 129 Å². The Hall–Kier alpha value is -1.51. The van der Waals surface area contributed by atoms with E-state index in [4.69, 9.17) is 0 Å². The molecule has 0 aromatic heterocycles. The normalized spacial score (nSPS) is 22.3. The number of benzene rings is 1. The van der Waals surface area contributed by atoms with Gasteiger partial charge in [-0.25, -0.2) is 22.3 Å². The molecule has 0 spiro atoms. The van der Waals surface area contributed by atoms with Crippen LogP contribution in [0.3, 0.4) is 0 Å². The van der Waals surface area contributed by atoms with Crippen LogP contribution in [-0.4, -0.2) is 40.6 Å². The summed E-state index contributed by atoms with van der Waals surface area (Å²) in [6.45, 7) is 3.30. The van der Waals surface area contributed by atoms with Crippen LogP contribution in [0.2, 0.25) is 0 Å². The van der Waals surface area contributed by atoms with Gasteiger partial charge in [0, 0.05) is 12.6 Å². The molecule has 1 fully saturated rings. The lowest BCUT2D eigenvalue weighted by Crippen LogP contribution is -2.50. The first-order chi connectivity index (χ1) is 10.3. The van der Waals surface area contributed by atoms with E-state index in [9.17, 15) is 17.6 Å². The van der Waals surface area contributed by atoms with Gasteiger partial charge in [-0.1, -0.05) is 6.92 Å². The number of carbonyl (C=O) groups excluding carboxylic acids is 1. The fourth-order valence-corrected chi connectivity index (χ4v) is 3.94. The van der Waals surface area contributed by atoms with E-state index in [2.05, 4.69) is 14.8 Å². The van der Waals surface area contributed by atoms with E-state index in [1.165, 1.54) is 0 Å². The third-order valence-corrected chi connectivity index (χ3v) is 5.32. The van der Waals surface area contributed by atoms with E-state index in [0.29, 0.717) is 6.54 Å². The van der Waals surface area contributed by atoms with Crippen molar-refractivity contribution in [3.63, 3.8) is 0 Å². The molecule has 2 atom stereocenters. The minimum atomic E-state index is -3.95. The number of hydrogen-bond acceptors (Lipinski definition) is 5. The second-order valence-corrected chi connectivity index (χ2v) is 7.01. The van der Waals surface area contributed by atoms with Crippen molar-refractivity contribution in [2.45, 2.75) is 24.3 Å². The largest absolute Gasteiger partial charge is 0.465 e. The number of nitrogens with one attached hydrogen (secondary N) is 2. The molecule has 122 valence electrons. The number of sulfonamides is 1. The quantitative estimate of drug-likeness (QED) is 0.801. The highest BCUT2D eigenvalue weighted by atomic mass is 32.2. The molecule has 8 heteroatoms. The standard InChI is InChI=1S/C14H19FN2O4S/c1-9-5-6-16-8-12(9)17-22(19,20)13-4-3-10(15)7-11(13)14(18)21-2/h3-4,7,9,12,16-17H,5-6,8H2,1-2H3. The minimum Gasteiger partial charge on any atom is -0.465 e. The van der Waals surface area contributed by atoms with Crippen LogP contribution in [0.4, 0.5) is 4.39 Å². The summed E-state index contributed by atoms with van der Waals surface area (Å²) < 4.78 is 45.5. The number of methoxy groups -OCH3 is 1. The number of halogens is 1.